The van der Waals surface area contributed by atoms with Gasteiger partial charge in [-0.05, 0) is 37.2 Å². The van der Waals surface area contributed by atoms with Crippen molar-refractivity contribution >= 4 is 16.0 Å². The Morgan fingerprint density at radius 3 is 2.61 bits per heavy atom. The molecule has 0 radical (unpaired) electrons. The Labute approximate surface area is 139 Å². The summed E-state index contributed by atoms with van der Waals surface area (Å²) in [5.74, 6) is 1.48. The maximum Gasteiger partial charge on any atom is 0.225 e. The van der Waals surface area contributed by atoms with Crippen molar-refractivity contribution in [1.29, 1.82) is 0 Å². The van der Waals surface area contributed by atoms with Gasteiger partial charge in [0.1, 0.15) is 0 Å². The molecule has 1 aromatic rings. The largest absolute Gasteiger partial charge is 0.341 e. The molecule has 0 N–H and O–H groups in total. The van der Waals surface area contributed by atoms with Crippen LogP contribution in [0.3, 0.4) is 0 Å². The van der Waals surface area contributed by atoms with Crippen molar-refractivity contribution in [1.82, 2.24) is 14.3 Å². The van der Waals surface area contributed by atoms with E-state index in [1.54, 1.807) is 22.8 Å². The Morgan fingerprint density at radius 2 is 1.91 bits per heavy atom. The maximum absolute atomic E-state index is 12.8. The van der Waals surface area contributed by atoms with E-state index in [0.29, 0.717) is 37.9 Å². The topological polar surface area (TPSA) is 66.4 Å². The van der Waals surface area contributed by atoms with Crippen molar-refractivity contribution in [2.45, 2.75) is 38.4 Å². The highest BCUT2D eigenvalue weighted by atomic mass is 32.2. The lowest BCUT2D eigenvalue weighted by Crippen LogP contribution is -2.33. The summed E-state index contributed by atoms with van der Waals surface area (Å²) in [4.78, 5) is 10.7. The second-order valence-electron chi connectivity index (χ2n) is 7.00. The molecule has 3 rings (SSSR count). The lowest BCUT2D eigenvalue weighted by atomic mass is 10.0. The Bertz CT molecular complexity index is 620. The van der Waals surface area contributed by atoms with Crippen LogP contribution in [-0.4, -0.2) is 54.1 Å². The van der Waals surface area contributed by atoms with Gasteiger partial charge in [0.15, 0.2) is 0 Å². The molecule has 1 aromatic heterocycles. The molecule has 0 amide bonds. The normalized spacial score (nSPS) is 27.9. The molecule has 0 bridgehead atoms. The average Bonchev–Trinajstić information content (AvgIpc) is 2.67. The van der Waals surface area contributed by atoms with Crippen LogP contribution in [0.2, 0.25) is 0 Å². The van der Waals surface area contributed by atoms with Gasteiger partial charge in [0.2, 0.25) is 16.0 Å². The van der Waals surface area contributed by atoms with Crippen molar-refractivity contribution < 1.29 is 8.42 Å². The number of hydrogen-bond acceptors (Lipinski definition) is 5. The minimum atomic E-state index is -3.15. The predicted molar refractivity (Wildman–Crippen MR) is 90.7 cm³/mol. The summed E-state index contributed by atoms with van der Waals surface area (Å²) < 4.78 is 27.4. The minimum Gasteiger partial charge on any atom is -0.341 e. The lowest BCUT2D eigenvalue weighted by Gasteiger charge is -2.22. The molecule has 128 valence electrons. The quantitative estimate of drug-likeness (QED) is 0.837. The van der Waals surface area contributed by atoms with E-state index in [1.165, 1.54) is 0 Å². The molecule has 6 nitrogen and oxygen atoms in total. The number of sulfonamides is 1. The second kappa shape index (κ2) is 6.73. The van der Waals surface area contributed by atoms with Gasteiger partial charge in [-0.3, -0.25) is 0 Å². The molecule has 0 spiro atoms. The Morgan fingerprint density at radius 1 is 1.22 bits per heavy atom. The van der Waals surface area contributed by atoms with Gasteiger partial charge in [0.05, 0.1) is 5.25 Å². The van der Waals surface area contributed by atoms with E-state index in [1.807, 2.05) is 0 Å². The number of anilines is 1. The first-order valence-corrected chi connectivity index (χ1v) is 9.99. The first-order chi connectivity index (χ1) is 11.0. The first-order valence-electron chi connectivity index (χ1n) is 8.49. The molecule has 0 saturated carbocycles. The molecule has 2 saturated heterocycles. The van der Waals surface area contributed by atoms with Crippen LogP contribution in [0.1, 0.15) is 33.1 Å². The fraction of sp³-hybridized carbons (Fsp3) is 0.750. The van der Waals surface area contributed by atoms with Crippen LogP contribution in [0, 0.1) is 11.8 Å². The molecular weight excluding hydrogens is 312 g/mol. The minimum absolute atomic E-state index is 0.233. The molecule has 3 heterocycles. The molecule has 2 aliphatic heterocycles. The van der Waals surface area contributed by atoms with E-state index in [4.69, 9.17) is 0 Å². The highest BCUT2D eigenvalue weighted by Gasteiger charge is 2.46. The molecule has 0 aliphatic carbocycles. The van der Waals surface area contributed by atoms with Crippen LogP contribution in [0.25, 0.3) is 0 Å². The van der Waals surface area contributed by atoms with Crippen molar-refractivity contribution in [2.24, 2.45) is 11.8 Å². The average molecular weight is 338 g/mol. The number of nitrogens with zero attached hydrogens (tertiary/aromatic N) is 4. The van der Waals surface area contributed by atoms with Gasteiger partial charge in [0.25, 0.3) is 0 Å². The summed E-state index contributed by atoms with van der Waals surface area (Å²) in [7, 11) is -3.15. The van der Waals surface area contributed by atoms with Crippen LogP contribution in [0.5, 0.6) is 0 Å². The Kier molecular flexibility index (Phi) is 4.87. The van der Waals surface area contributed by atoms with Gasteiger partial charge in [0, 0.05) is 38.6 Å². The van der Waals surface area contributed by atoms with E-state index in [0.717, 1.165) is 19.4 Å². The van der Waals surface area contributed by atoms with Crippen LogP contribution >= 0.6 is 0 Å². The van der Waals surface area contributed by atoms with Gasteiger partial charge < -0.3 is 4.90 Å². The standard InChI is InChI=1S/C16H26N4O2S/c1-13(2)4-11-20-12-14-5-9-19(16-17-7-3-8-18-16)10-6-15(14)23(20,21)22/h3,7-8,13-15H,4-6,9-12H2,1-2H3/t14-,15-/m1/s1. The van der Waals surface area contributed by atoms with Gasteiger partial charge in [-0.15, -0.1) is 0 Å². The third-order valence-corrected chi connectivity index (χ3v) is 7.39. The predicted octanol–water partition coefficient (Wildman–Crippen LogP) is 1.75. The fourth-order valence-corrected chi connectivity index (χ4v) is 5.83. The van der Waals surface area contributed by atoms with Crippen molar-refractivity contribution in [2.75, 3.05) is 31.1 Å². The fourth-order valence-electron chi connectivity index (χ4n) is 3.57. The van der Waals surface area contributed by atoms with Gasteiger partial charge in [-0.1, -0.05) is 13.8 Å². The Hall–Kier alpha value is -1.21. The van der Waals surface area contributed by atoms with E-state index in [9.17, 15) is 8.42 Å². The van der Waals surface area contributed by atoms with Gasteiger partial charge in [-0.25, -0.2) is 22.7 Å². The molecule has 23 heavy (non-hydrogen) atoms. The zero-order chi connectivity index (χ0) is 16.4. The number of hydrogen-bond donors (Lipinski definition) is 0. The summed E-state index contributed by atoms with van der Waals surface area (Å²) >= 11 is 0. The van der Waals surface area contributed by atoms with Crippen LogP contribution in [0.4, 0.5) is 5.95 Å². The van der Waals surface area contributed by atoms with Crippen molar-refractivity contribution in [3.05, 3.63) is 18.5 Å². The van der Waals surface area contributed by atoms with Crippen LogP contribution in [-0.2, 0) is 10.0 Å². The molecule has 0 unspecified atom stereocenters. The molecule has 7 heteroatoms. The molecular formula is C16H26N4O2S. The summed E-state index contributed by atoms with van der Waals surface area (Å²) in [6.07, 6.45) is 5.96. The molecule has 2 fully saturated rings. The highest BCUT2D eigenvalue weighted by molar-refractivity contribution is 7.90. The number of fused-ring (bicyclic) bond motifs is 1. The van der Waals surface area contributed by atoms with Gasteiger partial charge >= 0.3 is 0 Å². The van der Waals surface area contributed by atoms with Crippen LogP contribution in [0.15, 0.2) is 18.5 Å². The number of rotatable bonds is 4. The SMILES string of the molecule is CC(C)CCN1C[C@H]2CCN(c3ncccn3)CC[C@H]2S1(=O)=O. The van der Waals surface area contributed by atoms with E-state index in [2.05, 4.69) is 28.7 Å². The highest BCUT2D eigenvalue weighted by Crippen LogP contribution is 2.35. The van der Waals surface area contributed by atoms with Gasteiger partial charge in [-0.2, -0.15) is 0 Å². The lowest BCUT2D eigenvalue weighted by molar-refractivity contribution is 0.362. The summed E-state index contributed by atoms with van der Waals surface area (Å²) in [6.45, 7) is 7.17. The number of aromatic nitrogens is 2. The third kappa shape index (κ3) is 3.50. The monoisotopic (exact) mass is 338 g/mol. The second-order valence-corrected chi connectivity index (χ2v) is 9.15. The molecule has 2 atom stereocenters. The molecule has 0 aromatic carbocycles. The first kappa shape index (κ1) is 16.6. The molecule has 2 aliphatic rings. The summed E-state index contributed by atoms with van der Waals surface area (Å²) in [6, 6.07) is 1.80. The van der Waals surface area contributed by atoms with E-state index in [-0.39, 0.29) is 11.2 Å². The van der Waals surface area contributed by atoms with E-state index >= 15 is 0 Å². The zero-order valence-electron chi connectivity index (χ0n) is 13.9. The third-order valence-electron chi connectivity index (χ3n) is 4.95. The summed E-state index contributed by atoms with van der Waals surface area (Å²) in [5, 5.41) is -0.233. The van der Waals surface area contributed by atoms with Crippen LogP contribution < -0.4 is 4.90 Å². The maximum atomic E-state index is 12.8. The summed E-state index contributed by atoms with van der Waals surface area (Å²) in [5.41, 5.74) is 0. The van der Waals surface area contributed by atoms with E-state index < -0.39 is 10.0 Å². The van der Waals surface area contributed by atoms with Crippen molar-refractivity contribution in [3.8, 4) is 0 Å². The Balaban J connectivity index is 1.69. The van der Waals surface area contributed by atoms with Crippen molar-refractivity contribution in [3.63, 3.8) is 0 Å². The zero-order valence-corrected chi connectivity index (χ0v) is 14.7. The smallest absolute Gasteiger partial charge is 0.225 e.